The minimum Gasteiger partial charge on any atom is -0.491 e. The number of aliphatic hydroxyl groups is 1. The Morgan fingerprint density at radius 2 is 2.00 bits per heavy atom. The van der Waals surface area contributed by atoms with Crippen LogP contribution >= 0.6 is 0 Å². The molecule has 0 fully saturated rings. The summed E-state index contributed by atoms with van der Waals surface area (Å²) in [5.41, 5.74) is 0.910. The zero-order valence-electron chi connectivity index (χ0n) is 12.5. The summed E-state index contributed by atoms with van der Waals surface area (Å²) < 4.78 is 15.8. The fourth-order valence-electron chi connectivity index (χ4n) is 1.74. The molecule has 0 spiro atoms. The van der Waals surface area contributed by atoms with Crippen molar-refractivity contribution in [1.29, 1.82) is 0 Å². The molecule has 0 amide bonds. The first kappa shape index (κ1) is 17.4. The number of hydrogen-bond donors (Lipinski definition) is 2. The average Bonchev–Trinajstić information content (AvgIpc) is 2.44. The monoisotopic (exact) mass is 298 g/mol. The van der Waals surface area contributed by atoms with Gasteiger partial charge in [0.05, 0.1) is 24.9 Å². The first-order chi connectivity index (χ1) is 9.93. The maximum atomic E-state index is 10.8. The molecular weight excluding hydrogens is 276 g/mol. The SMILES string of the molecule is COCC(C)OCC(O)COc1ccc(C(=O)O)cc1C. The maximum Gasteiger partial charge on any atom is 0.335 e. The lowest BCUT2D eigenvalue weighted by atomic mass is 10.1. The Morgan fingerprint density at radius 1 is 1.29 bits per heavy atom. The lowest BCUT2D eigenvalue weighted by Crippen LogP contribution is -2.27. The number of aryl methyl sites for hydroxylation is 1. The van der Waals surface area contributed by atoms with Gasteiger partial charge < -0.3 is 24.4 Å². The fourth-order valence-corrected chi connectivity index (χ4v) is 1.74. The topological polar surface area (TPSA) is 85.2 Å². The number of methoxy groups -OCH3 is 1. The van der Waals surface area contributed by atoms with E-state index in [2.05, 4.69) is 0 Å². The predicted octanol–water partition coefficient (Wildman–Crippen LogP) is 1.48. The van der Waals surface area contributed by atoms with Gasteiger partial charge in [-0.2, -0.15) is 0 Å². The van der Waals surface area contributed by atoms with Crippen molar-refractivity contribution in [3.63, 3.8) is 0 Å². The fraction of sp³-hybridized carbons (Fsp3) is 0.533. The number of ether oxygens (including phenoxy) is 3. The van der Waals surface area contributed by atoms with Crippen LogP contribution in [0.1, 0.15) is 22.8 Å². The van der Waals surface area contributed by atoms with Crippen molar-refractivity contribution < 1.29 is 29.2 Å². The molecule has 1 aromatic carbocycles. The highest BCUT2D eigenvalue weighted by atomic mass is 16.5. The predicted molar refractivity (Wildman–Crippen MR) is 76.9 cm³/mol. The van der Waals surface area contributed by atoms with E-state index in [0.717, 1.165) is 0 Å². The molecule has 0 radical (unpaired) electrons. The van der Waals surface area contributed by atoms with Gasteiger partial charge in [-0.15, -0.1) is 0 Å². The third-order valence-corrected chi connectivity index (χ3v) is 2.83. The van der Waals surface area contributed by atoms with Gasteiger partial charge in [0, 0.05) is 7.11 Å². The molecular formula is C15H22O6. The minimum atomic E-state index is -0.981. The van der Waals surface area contributed by atoms with Gasteiger partial charge in [0.1, 0.15) is 18.5 Å². The van der Waals surface area contributed by atoms with Crippen molar-refractivity contribution in [3.8, 4) is 5.75 Å². The first-order valence-corrected chi connectivity index (χ1v) is 6.69. The van der Waals surface area contributed by atoms with Crippen LogP contribution in [0.5, 0.6) is 5.75 Å². The van der Waals surface area contributed by atoms with E-state index in [4.69, 9.17) is 19.3 Å². The highest BCUT2D eigenvalue weighted by Gasteiger charge is 2.11. The smallest absolute Gasteiger partial charge is 0.335 e. The summed E-state index contributed by atoms with van der Waals surface area (Å²) in [7, 11) is 1.59. The second-order valence-electron chi connectivity index (χ2n) is 4.85. The Bertz CT molecular complexity index is 459. The molecule has 21 heavy (non-hydrogen) atoms. The summed E-state index contributed by atoms with van der Waals surface area (Å²) in [5.74, 6) is -0.436. The molecule has 1 rings (SSSR count). The number of carboxylic acid groups (broad SMARTS) is 1. The van der Waals surface area contributed by atoms with E-state index in [1.807, 2.05) is 6.92 Å². The standard InChI is InChI=1S/C15H22O6/c1-10-6-12(15(17)18)4-5-14(10)21-9-13(16)8-20-11(2)7-19-3/h4-6,11,13,16H,7-9H2,1-3H3,(H,17,18). The van der Waals surface area contributed by atoms with Crippen LogP contribution in [-0.4, -0.2) is 55.3 Å². The molecule has 2 N–H and O–H groups in total. The number of carbonyl (C=O) groups is 1. The van der Waals surface area contributed by atoms with E-state index in [-0.39, 0.29) is 24.9 Å². The first-order valence-electron chi connectivity index (χ1n) is 6.69. The van der Waals surface area contributed by atoms with Crippen LogP contribution < -0.4 is 4.74 Å². The summed E-state index contributed by atoms with van der Waals surface area (Å²) in [4.78, 5) is 10.8. The quantitative estimate of drug-likeness (QED) is 0.718. The second kappa shape index (κ2) is 8.61. The molecule has 0 saturated heterocycles. The maximum absolute atomic E-state index is 10.8. The molecule has 0 aromatic heterocycles. The third-order valence-electron chi connectivity index (χ3n) is 2.83. The zero-order chi connectivity index (χ0) is 15.8. The van der Waals surface area contributed by atoms with Gasteiger partial charge in [-0.1, -0.05) is 0 Å². The summed E-state index contributed by atoms with van der Waals surface area (Å²) >= 11 is 0. The minimum absolute atomic E-state index is 0.0763. The van der Waals surface area contributed by atoms with E-state index < -0.39 is 12.1 Å². The molecule has 1 aromatic rings. The Hall–Kier alpha value is -1.63. The van der Waals surface area contributed by atoms with Gasteiger partial charge in [-0.05, 0) is 37.6 Å². The normalized spacial score (nSPS) is 13.7. The number of benzene rings is 1. The number of carboxylic acids is 1. The summed E-state index contributed by atoms with van der Waals surface area (Å²) in [6.07, 6.45) is -0.857. The van der Waals surface area contributed by atoms with E-state index in [1.54, 1.807) is 20.1 Å². The molecule has 0 saturated carbocycles. The van der Waals surface area contributed by atoms with Crippen LogP contribution in [-0.2, 0) is 9.47 Å². The molecule has 2 unspecified atom stereocenters. The van der Waals surface area contributed by atoms with Crippen molar-refractivity contribution in [1.82, 2.24) is 0 Å². The Kier molecular flexibility index (Phi) is 7.14. The molecule has 2 atom stereocenters. The van der Waals surface area contributed by atoms with Crippen molar-refractivity contribution in [2.24, 2.45) is 0 Å². The largest absolute Gasteiger partial charge is 0.491 e. The zero-order valence-corrected chi connectivity index (χ0v) is 12.5. The van der Waals surface area contributed by atoms with Crippen LogP contribution in [0.15, 0.2) is 18.2 Å². The number of aliphatic hydroxyl groups excluding tert-OH is 1. The van der Waals surface area contributed by atoms with Crippen molar-refractivity contribution in [2.75, 3.05) is 26.9 Å². The Morgan fingerprint density at radius 3 is 2.57 bits per heavy atom. The van der Waals surface area contributed by atoms with E-state index in [1.165, 1.54) is 12.1 Å². The molecule has 0 heterocycles. The third kappa shape index (κ3) is 6.12. The molecule has 0 aliphatic rings. The van der Waals surface area contributed by atoms with Crippen molar-refractivity contribution in [3.05, 3.63) is 29.3 Å². The Labute approximate surface area is 124 Å². The summed E-state index contributed by atoms with van der Waals surface area (Å²) in [5, 5.41) is 18.7. The molecule has 6 nitrogen and oxygen atoms in total. The van der Waals surface area contributed by atoms with E-state index in [9.17, 15) is 9.90 Å². The van der Waals surface area contributed by atoms with E-state index in [0.29, 0.717) is 17.9 Å². The average molecular weight is 298 g/mol. The number of rotatable bonds is 9. The lowest BCUT2D eigenvalue weighted by molar-refractivity contribution is -0.0423. The molecule has 118 valence electrons. The van der Waals surface area contributed by atoms with E-state index >= 15 is 0 Å². The van der Waals surface area contributed by atoms with Crippen LogP contribution in [0.2, 0.25) is 0 Å². The van der Waals surface area contributed by atoms with Gasteiger partial charge >= 0.3 is 5.97 Å². The summed E-state index contributed by atoms with van der Waals surface area (Å²) in [6, 6.07) is 4.58. The van der Waals surface area contributed by atoms with Gasteiger partial charge in [-0.3, -0.25) is 0 Å². The lowest BCUT2D eigenvalue weighted by Gasteiger charge is -2.17. The number of hydrogen-bond acceptors (Lipinski definition) is 5. The van der Waals surface area contributed by atoms with Crippen molar-refractivity contribution >= 4 is 5.97 Å². The highest BCUT2D eigenvalue weighted by Crippen LogP contribution is 2.19. The van der Waals surface area contributed by atoms with Crippen LogP contribution in [0.4, 0.5) is 0 Å². The molecule has 0 bridgehead atoms. The summed E-state index contributed by atoms with van der Waals surface area (Å²) in [6.45, 7) is 4.30. The molecule has 0 aliphatic carbocycles. The van der Waals surface area contributed by atoms with Crippen LogP contribution in [0, 0.1) is 6.92 Å². The molecule has 0 aliphatic heterocycles. The highest BCUT2D eigenvalue weighted by molar-refractivity contribution is 5.88. The van der Waals surface area contributed by atoms with Crippen LogP contribution in [0.3, 0.4) is 0 Å². The van der Waals surface area contributed by atoms with Gasteiger partial charge in [-0.25, -0.2) is 4.79 Å². The second-order valence-corrected chi connectivity index (χ2v) is 4.85. The number of aromatic carboxylic acids is 1. The van der Waals surface area contributed by atoms with Gasteiger partial charge in [0.2, 0.25) is 0 Å². The van der Waals surface area contributed by atoms with Gasteiger partial charge in [0.25, 0.3) is 0 Å². The molecule has 6 heteroatoms. The Balaban J connectivity index is 2.42. The van der Waals surface area contributed by atoms with Crippen molar-refractivity contribution in [2.45, 2.75) is 26.1 Å². The van der Waals surface area contributed by atoms with Gasteiger partial charge in [0.15, 0.2) is 0 Å². The van der Waals surface area contributed by atoms with Crippen LogP contribution in [0.25, 0.3) is 0 Å².